The summed E-state index contributed by atoms with van der Waals surface area (Å²) >= 11 is 18.2. The summed E-state index contributed by atoms with van der Waals surface area (Å²) in [5.41, 5.74) is 2.83. The second kappa shape index (κ2) is 5.36. The van der Waals surface area contributed by atoms with Crippen molar-refractivity contribution < 1.29 is 4.74 Å². The van der Waals surface area contributed by atoms with Crippen LogP contribution in [0.1, 0.15) is 17.2 Å². The van der Waals surface area contributed by atoms with Crippen LogP contribution in [-0.4, -0.2) is 6.54 Å². The topological polar surface area (TPSA) is 21.3 Å². The highest BCUT2D eigenvalue weighted by Gasteiger charge is 2.24. The van der Waals surface area contributed by atoms with Crippen LogP contribution < -0.4 is 10.1 Å². The van der Waals surface area contributed by atoms with Gasteiger partial charge in [-0.15, -0.1) is 0 Å². The molecule has 0 fully saturated rings. The van der Waals surface area contributed by atoms with Crippen molar-refractivity contribution in [2.45, 2.75) is 13.0 Å². The van der Waals surface area contributed by atoms with Gasteiger partial charge in [-0.25, -0.2) is 0 Å². The number of aryl methyl sites for hydroxylation is 1. The average Bonchev–Trinajstić information content (AvgIpc) is 2.38. The predicted octanol–water partition coefficient (Wildman–Crippen LogP) is 5.50. The quantitative estimate of drug-likeness (QED) is 0.746. The van der Waals surface area contributed by atoms with Gasteiger partial charge in [-0.1, -0.05) is 40.9 Å². The lowest BCUT2D eigenvalue weighted by Crippen LogP contribution is -2.24. The Kier molecular flexibility index (Phi) is 3.72. The molecule has 1 unspecified atom stereocenters. The number of fused-ring (bicyclic) bond motifs is 1. The zero-order valence-electron chi connectivity index (χ0n) is 10.7. The summed E-state index contributed by atoms with van der Waals surface area (Å²) in [5.74, 6) is 0.816. The van der Waals surface area contributed by atoms with Crippen LogP contribution in [0.3, 0.4) is 0 Å². The number of rotatable bonds is 1. The zero-order chi connectivity index (χ0) is 14.3. The second-order valence-electron chi connectivity index (χ2n) is 4.75. The molecule has 0 spiro atoms. The van der Waals surface area contributed by atoms with E-state index in [-0.39, 0.29) is 6.10 Å². The summed E-state index contributed by atoms with van der Waals surface area (Å²) in [4.78, 5) is 0. The van der Waals surface area contributed by atoms with E-state index >= 15 is 0 Å². The Bertz CT molecular complexity index is 672. The first-order chi connectivity index (χ1) is 9.54. The summed E-state index contributed by atoms with van der Waals surface area (Å²) in [5, 5.41) is 5.26. The van der Waals surface area contributed by atoms with Crippen molar-refractivity contribution in [2.75, 3.05) is 11.9 Å². The molecule has 2 aromatic rings. The molecule has 1 N–H and O–H groups in total. The Morgan fingerprint density at radius 1 is 1.10 bits per heavy atom. The largest absolute Gasteiger partial charge is 0.481 e. The smallest absolute Gasteiger partial charge is 0.146 e. The Balaban J connectivity index is 1.96. The van der Waals surface area contributed by atoms with Gasteiger partial charge < -0.3 is 10.1 Å². The van der Waals surface area contributed by atoms with Crippen LogP contribution in [0.15, 0.2) is 30.3 Å². The molecule has 0 saturated carbocycles. The minimum Gasteiger partial charge on any atom is -0.481 e. The molecule has 0 aromatic heterocycles. The van der Waals surface area contributed by atoms with Crippen molar-refractivity contribution in [3.8, 4) is 5.75 Å². The Morgan fingerprint density at radius 3 is 2.65 bits per heavy atom. The van der Waals surface area contributed by atoms with Crippen LogP contribution in [0.25, 0.3) is 0 Å². The van der Waals surface area contributed by atoms with Crippen molar-refractivity contribution in [3.63, 3.8) is 0 Å². The first-order valence-corrected chi connectivity index (χ1v) is 7.33. The van der Waals surface area contributed by atoms with E-state index in [9.17, 15) is 0 Å². The molecule has 1 atom stereocenters. The van der Waals surface area contributed by atoms with E-state index < -0.39 is 0 Å². The molecule has 1 heterocycles. The van der Waals surface area contributed by atoms with Gasteiger partial charge in [0.25, 0.3) is 0 Å². The van der Waals surface area contributed by atoms with E-state index in [1.807, 2.05) is 31.2 Å². The fourth-order valence-electron chi connectivity index (χ4n) is 2.34. The first kappa shape index (κ1) is 13.9. The monoisotopic (exact) mass is 327 g/mol. The van der Waals surface area contributed by atoms with Crippen LogP contribution in [0.5, 0.6) is 5.75 Å². The molecule has 20 heavy (non-hydrogen) atoms. The average molecular weight is 329 g/mol. The molecule has 3 rings (SSSR count). The van der Waals surface area contributed by atoms with Crippen LogP contribution in [-0.2, 0) is 0 Å². The lowest BCUT2D eigenvalue weighted by atomic mass is 10.1. The number of hydrogen-bond acceptors (Lipinski definition) is 2. The molecule has 2 aromatic carbocycles. The number of nitrogens with one attached hydrogen (secondary N) is 1. The molecule has 5 heteroatoms. The minimum absolute atomic E-state index is 0.146. The molecule has 1 aliphatic rings. The van der Waals surface area contributed by atoms with Gasteiger partial charge in [0.05, 0.1) is 12.2 Å². The second-order valence-corrected chi connectivity index (χ2v) is 6.03. The summed E-state index contributed by atoms with van der Waals surface area (Å²) in [6, 6.07) is 9.19. The number of anilines is 1. The molecule has 0 radical (unpaired) electrons. The molecule has 1 aliphatic heterocycles. The summed E-state index contributed by atoms with van der Waals surface area (Å²) in [6.07, 6.45) is -0.146. The van der Waals surface area contributed by atoms with Gasteiger partial charge in [-0.2, -0.15) is 0 Å². The number of benzene rings is 2. The molecule has 2 nitrogen and oxygen atoms in total. The van der Waals surface area contributed by atoms with Gasteiger partial charge >= 0.3 is 0 Å². The van der Waals surface area contributed by atoms with Crippen molar-refractivity contribution in [3.05, 3.63) is 56.5 Å². The summed E-state index contributed by atoms with van der Waals surface area (Å²) in [6.45, 7) is 2.60. The number of halogens is 3. The van der Waals surface area contributed by atoms with Gasteiger partial charge in [0.1, 0.15) is 11.9 Å². The normalized spacial score (nSPS) is 17.1. The van der Waals surface area contributed by atoms with Crippen LogP contribution in [0.4, 0.5) is 5.69 Å². The van der Waals surface area contributed by atoms with Crippen molar-refractivity contribution in [2.24, 2.45) is 0 Å². The van der Waals surface area contributed by atoms with E-state index in [4.69, 9.17) is 39.5 Å². The molecule has 0 aliphatic carbocycles. The summed E-state index contributed by atoms with van der Waals surface area (Å²) in [7, 11) is 0. The lowest BCUT2D eigenvalue weighted by Gasteiger charge is -2.29. The van der Waals surface area contributed by atoms with Gasteiger partial charge in [-0.3, -0.25) is 0 Å². The molecule has 104 valence electrons. The molecule has 0 bridgehead atoms. The summed E-state index contributed by atoms with van der Waals surface area (Å²) < 4.78 is 6.08. The standard InChI is InChI=1S/C15H12Cl3NO/c1-8-4-10(17)6-13-15(8)20-14(7-19-13)11-3-2-9(16)5-12(11)18/h2-6,14,19H,7H2,1H3. The molecule has 0 saturated heterocycles. The van der Waals surface area contributed by atoms with Crippen molar-refractivity contribution >= 4 is 40.5 Å². The van der Waals surface area contributed by atoms with Gasteiger partial charge in [0.15, 0.2) is 0 Å². The van der Waals surface area contributed by atoms with Crippen molar-refractivity contribution in [1.82, 2.24) is 0 Å². The number of ether oxygens (including phenoxy) is 1. The van der Waals surface area contributed by atoms with Gasteiger partial charge in [0, 0.05) is 20.6 Å². The molecular formula is C15H12Cl3NO. The highest BCUT2D eigenvalue weighted by molar-refractivity contribution is 6.35. The lowest BCUT2D eigenvalue weighted by molar-refractivity contribution is 0.209. The van der Waals surface area contributed by atoms with Crippen LogP contribution >= 0.6 is 34.8 Å². The fourth-order valence-corrected chi connectivity index (χ4v) is 3.14. The van der Waals surface area contributed by atoms with Crippen LogP contribution in [0.2, 0.25) is 15.1 Å². The fraction of sp³-hybridized carbons (Fsp3) is 0.200. The van der Waals surface area contributed by atoms with E-state index in [1.54, 1.807) is 6.07 Å². The maximum atomic E-state index is 6.24. The Morgan fingerprint density at radius 2 is 1.90 bits per heavy atom. The highest BCUT2D eigenvalue weighted by atomic mass is 35.5. The first-order valence-electron chi connectivity index (χ1n) is 6.20. The highest BCUT2D eigenvalue weighted by Crippen LogP contribution is 2.40. The van der Waals surface area contributed by atoms with E-state index in [0.29, 0.717) is 21.6 Å². The SMILES string of the molecule is Cc1cc(Cl)cc2c1OC(c1ccc(Cl)cc1Cl)CN2. The van der Waals surface area contributed by atoms with Gasteiger partial charge in [0.2, 0.25) is 0 Å². The maximum absolute atomic E-state index is 6.24. The Labute approximate surface area is 132 Å². The van der Waals surface area contributed by atoms with Crippen LogP contribution in [0, 0.1) is 6.92 Å². The Hall–Kier alpha value is -1.09. The minimum atomic E-state index is -0.146. The van der Waals surface area contributed by atoms with E-state index in [2.05, 4.69) is 5.32 Å². The third-order valence-electron chi connectivity index (χ3n) is 3.29. The van der Waals surface area contributed by atoms with Gasteiger partial charge in [-0.05, 0) is 36.8 Å². The third-order valence-corrected chi connectivity index (χ3v) is 4.07. The molecule has 0 amide bonds. The zero-order valence-corrected chi connectivity index (χ0v) is 13.0. The molecular weight excluding hydrogens is 317 g/mol. The van der Waals surface area contributed by atoms with E-state index in [0.717, 1.165) is 22.6 Å². The predicted molar refractivity (Wildman–Crippen MR) is 84.5 cm³/mol. The maximum Gasteiger partial charge on any atom is 0.146 e. The van der Waals surface area contributed by atoms with E-state index in [1.165, 1.54) is 0 Å². The number of hydrogen-bond donors (Lipinski definition) is 1. The third kappa shape index (κ3) is 2.56. The van der Waals surface area contributed by atoms with Crippen molar-refractivity contribution in [1.29, 1.82) is 0 Å².